The van der Waals surface area contributed by atoms with Gasteiger partial charge < -0.3 is 0 Å². The molecule has 2 fully saturated rings. The summed E-state index contributed by atoms with van der Waals surface area (Å²) in [7, 11) is 0. The van der Waals surface area contributed by atoms with Crippen LogP contribution in [0.5, 0.6) is 0 Å². The normalized spacial score (nSPS) is 25.1. The Hall–Kier alpha value is -5.56. The first-order valence-corrected chi connectivity index (χ1v) is 19.4. The molecule has 54 heavy (non-hydrogen) atoms. The summed E-state index contributed by atoms with van der Waals surface area (Å²) in [6, 6.07) is 38.4. The first-order chi connectivity index (χ1) is 26.1. The third-order valence-electron chi connectivity index (χ3n) is 12.2. The molecule has 4 aromatic rings. The minimum Gasteiger partial charge on any atom is -0.0990 e. The summed E-state index contributed by atoms with van der Waals surface area (Å²) in [5.41, 5.74) is 10.8. The van der Waals surface area contributed by atoms with Gasteiger partial charge in [-0.1, -0.05) is 178 Å². The minimum atomic E-state index is -0.0991. The lowest BCUT2D eigenvalue weighted by atomic mass is 9.39. The fraction of sp³-hybridized carbons (Fsp3) is 0.259. The lowest BCUT2D eigenvalue weighted by Gasteiger charge is -2.64. The number of allylic oxidation sites excluding steroid dienone is 9. The van der Waals surface area contributed by atoms with E-state index in [-0.39, 0.29) is 21.7 Å². The highest BCUT2D eigenvalue weighted by Crippen LogP contribution is 2.69. The van der Waals surface area contributed by atoms with Gasteiger partial charge in [0.2, 0.25) is 0 Å². The predicted octanol–water partition coefficient (Wildman–Crippen LogP) is 13.2. The second-order valence-electron chi connectivity index (χ2n) is 16.1. The van der Waals surface area contributed by atoms with Gasteiger partial charge in [-0.25, -0.2) is 0 Å². The molecule has 6 rings (SSSR count). The molecule has 4 unspecified atom stereocenters. The Kier molecular flexibility index (Phi) is 11.5. The van der Waals surface area contributed by atoms with Crippen LogP contribution in [0.25, 0.3) is 0 Å². The van der Waals surface area contributed by atoms with Crippen LogP contribution in [0.2, 0.25) is 0 Å². The molecule has 2 saturated carbocycles. The summed E-state index contributed by atoms with van der Waals surface area (Å²) >= 11 is 0. The Bertz CT molecular complexity index is 2190. The Morgan fingerprint density at radius 3 is 1.69 bits per heavy atom. The summed E-state index contributed by atoms with van der Waals surface area (Å²) < 4.78 is 0. The lowest BCUT2D eigenvalue weighted by molar-refractivity contribution is -0.00768. The fourth-order valence-electron chi connectivity index (χ4n) is 9.92. The Morgan fingerprint density at radius 2 is 1.17 bits per heavy atom. The van der Waals surface area contributed by atoms with E-state index in [4.69, 9.17) is 0 Å². The van der Waals surface area contributed by atoms with Crippen molar-refractivity contribution in [2.75, 3.05) is 0 Å². The molecular formula is C54H54. The van der Waals surface area contributed by atoms with Gasteiger partial charge in [0, 0.05) is 16.7 Å². The molecule has 2 bridgehead atoms. The summed E-state index contributed by atoms with van der Waals surface area (Å²) in [6.45, 7) is 21.4. The van der Waals surface area contributed by atoms with E-state index >= 15 is 0 Å². The van der Waals surface area contributed by atoms with E-state index in [0.717, 1.165) is 55.2 Å². The summed E-state index contributed by atoms with van der Waals surface area (Å²) in [4.78, 5) is 0. The van der Waals surface area contributed by atoms with E-state index in [1.165, 1.54) is 33.4 Å². The molecule has 270 valence electrons. The summed E-state index contributed by atoms with van der Waals surface area (Å²) in [5, 5.41) is 0. The van der Waals surface area contributed by atoms with E-state index in [9.17, 15) is 0 Å². The summed E-state index contributed by atoms with van der Waals surface area (Å²) in [5.74, 6) is 13.2. The second kappa shape index (κ2) is 16.2. The Balaban J connectivity index is 1.52. The highest BCUT2D eigenvalue weighted by molar-refractivity contribution is 5.49. The standard InChI is InChI=1S/C54H54/c1-8-18-44(9-2)19-14-13-17-22-47(10-3)52(11-4)39-53(49-33-25-43(6)26-34-49)37-51(7,48-31-23-42(5)24-32-48)38-54(40-52,41-53)50-35-29-46(30-36-50)28-27-45-20-15-12-16-21-45/h8-10,12-13,15-18,20-26,29-36H,1-3,11,37-41H2,4-7H3/b17-13+,44-18+,47-22+. The van der Waals surface area contributed by atoms with Crippen molar-refractivity contribution in [2.45, 2.75) is 82.5 Å². The number of aryl methyl sites for hydroxylation is 2. The molecule has 0 N–H and O–H groups in total. The minimum absolute atomic E-state index is 0.0299. The van der Waals surface area contributed by atoms with Crippen LogP contribution >= 0.6 is 0 Å². The average Bonchev–Trinajstić information content (AvgIpc) is 3.18. The fourth-order valence-corrected chi connectivity index (χ4v) is 9.92. The number of hydrogen-bond donors (Lipinski definition) is 0. The first kappa shape index (κ1) is 38.2. The van der Waals surface area contributed by atoms with Crippen molar-refractivity contribution in [1.29, 1.82) is 0 Å². The number of hydrogen-bond acceptors (Lipinski definition) is 0. The van der Waals surface area contributed by atoms with Crippen LogP contribution in [0.15, 0.2) is 177 Å². The molecule has 4 aromatic carbocycles. The highest BCUT2D eigenvalue weighted by Gasteiger charge is 2.62. The van der Waals surface area contributed by atoms with Gasteiger partial charge in [0.25, 0.3) is 0 Å². The van der Waals surface area contributed by atoms with Crippen molar-refractivity contribution in [3.05, 3.63) is 215 Å². The van der Waals surface area contributed by atoms with Crippen LogP contribution < -0.4 is 0 Å². The Morgan fingerprint density at radius 1 is 0.630 bits per heavy atom. The number of fused-ring (bicyclic) bond motifs is 2. The molecule has 0 aromatic heterocycles. The van der Waals surface area contributed by atoms with Crippen LogP contribution in [0, 0.1) is 42.9 Å². The van der Waals surface area contributed by atoms with Gasteiger partial charge in [0.1, 0.15) is 0 Å². The molecule has 0 heterocycles. The van der Waals surface area contributed by atoms with Crippen molar-refractivity contribution in [2.24, 2.45) is 5.41 Å². The van der Waals surface area contributed by atoms with E-state index in [1.54, 1.807) is 12.2 Å². The zero-order valence-corrected chi connectivity index (χ0v) is 32.7. The molecule has 0 radical (unpaired) electrons. The molecule has 4 atom stereocenters. The van der Waals surface area contributed by atoms with Crippen molar-refractivity contribution in [3.63, 3.8) is 0 Å². The van der Waals surface area contributed by atoms with Crippen LogP contribution in [-0.4, -0.2) is 0 Å². The van der Waals surface area contributed by atoms with E-state index in [1.807, 2.05) is 30.4 Å². The SMILES string of the molecule is C=C/C=C(/C#C/C=C/C=C(\C=C)C1(CC)CC2(c3ccc(C)cc3)CC(C)(c3ccc(C)cc3)CC(c3ccc(C#Cc4ccccc4)cc3)(C1)C2)C=C. The zero-order valence-electron chi connectivity index (χ0n) is 32.7. The van der Waals surface area contributed by atoms with Gasteiger partial charge in [-0.3, -0.25) is 0 Å². The molecule has 0 aliphatic heterocycles. The highest BCUT2D eigenvalue weighted by atomic mass is 14.7. The maximum atomic E-state index is 4.44. The third kappa shape index (κ3) is 8.01. The summed E-state index contributed by atoms with van der Waals surface area (Å²) in [6.07, 6.45) is 20.2. The molecule has 0 amide bonds. The molecule has 2 aliphatic rings. The van der Waals surface area contributed by atoms with Gasteiger partial charge >= 0.3 is 0 Å². The Labute approximate surface area is 325 Å². The second-order valence-corrected chi connectivity index (χ2v) is 16.1. The van der Waals surface area contributed by atoms with Crippen molar-refractivity contribution < 1.29 is 0 Å². The van der Waals surface area contributed by atoms with Gasteiger partial charge in [0.15, 0.2) is 0 Å². The maximum Gasteiger partial charge on any atom is 0.0249 e. The molecule has 2 aliphatic carbocycles. The van der Waals surface area contributed by atoms with E-state index in [0.29, 0.717) is 0 Å². The average molecular weight is 703 g/mol. The predicted molar refractivity (Wildman–Crippen MR) is 231 cm³/mol. The number of benzene rings is 4. The topological polar surface area (TPSA) is 0 Å². The van der Waals surface area contributed by atoms with Gasteiger partial charge in [-0.05, 0) is 133 Å². The van der Waals surface area contributed by atoms with Crippen molar-refractivity contribution in [1.82, 2.24) is 0 Å². The third-order valence-corrected chi connectivity index (χ3v) is 12.2. The smallest absolute Gasteiger partial charge is 0.0249 e. The molecule has 0 spiro atoms. The van der Waals surface area contributed by atoms with Crippen LogP contribution in [0.1, 0.15) is 91.3 Å². The molecule has 0 nitrogen and oxygen atoms in total. The molecule has 0 heteroatoms. The van der Waals surface area contributed by atoms with Gasteiger partial charge in [-0.15, -0.1) is 0 Å². The van der Waals surface area contributed by atoms with Crippen LogP contribution in [-0.2, 0) is 16.2 Å². The molecule has 0 saturated heterocycles. The van der Waals surface area contributed by atoms with E-state index in [2.05, 4.69) is 174 Å². The maximum absolute atomic E-state index is 4.44. The number of rotatable bonds is 9. The quantitative estimate of drug-likeness (QED) is 0.120. The van der Waals surface area contributed by atoms with Crippen LogP contribution in [0.3, 0.4) is 0 Å². The van der Waals surface area contributed by atoms with Crippen molar-refractivity contribution >= 4 is 0 Å². The monoisotopic (exact) mass is 702 g/mol. The van der Waals surface area contributed by atoms with Gasteiger partial charge in [0.05, 0.1) is 0 Å². The largest absolute Gasteiger partial charge is 0.0990 e. The lowest BCUT2D eigenvalue weighted by Crippen LogP contribution is -2.59. The van der Waals surface area contributed by atoms with Crippen molar-refractivity contribution in [3.8, 4) is 23.7 Å². The first-order valence-electron chi connectivity index (χ1n) is 19.4. The van der Waals surface area contributed by atoms with E-state index < -0.39 is 0 Å². The molecular weight excluding hydrogens is 649 g/mol. The van der Waals surface area contributed by atoms with Crippen LogP contribution in [0.4, 0.5) is 0 Å². The zero-order chi connectivity index (χ0) is 38.2. The van der Waals surface area contributed by atoms with Gasteiger partial charge in [-0.2, -0.15) is 0 Å².